The quantitative estimate of drug-likeness (QED) is 0.629. The largest absolute Gasteiger partial charge is 0.212 e. The molecule has 0 unspecified atom stereocenters. The molecule has 0 radical (unpaired) electrons. The Balaban J connectivity index is 2.89. The molecule has 0 aliphatic carbocycles. The molecule has 0 spiro atoms. The number of rotatable bonds is 2. The highest BCUT2D eigenvalue weighted by molar-refractivity contribution is 5.31. The molecule has 0 N–H and O–H groups in total. The van der Waals surface area contributed by atoms with Crippen molar-refractivity contribution < 1.29 is 4.39 Å². The molecule has 1 rings (SSSR count). The molecule has 0 aliphatic heterocycles. The third-order valence-corrected chi connectivity index (χ3v) is 1.97. The summed E-state index contributed by atoms with van der Waals surface area (Å²) in [6.07, 6.45) is 0.334. The van der Waals surface area contributed by atoms with Crippen molar-refractivity contribution in [1.29, 1.82) is 0 Å². The van der Waals surface area contributed by atoms with Gasteiger partial charge in [0, 0.05) is 6.42 Å². The highest BCUT2D eigenvalue weighted by atomic mass is 19.1. The Morgan fingerprint density at radius 1 is 1.33 bits per heavy atom. The van der Waals surface area contributed by atoms with Crippen LogP contribution in [0, 0.1) is 13.8 Å². The summed E-state index contributed by atoms with van der Waals surface area (Å²) in [5.74, 6) is -0.279. The highest BCUT2D eigenvalue weighted by Crippen LogP contribution is 2.12. The van der Waals surface area contributed by atoms with Gasteiger partial charge in [0.05, 0.1) is 5.83 Å². The molecule has 0 fully saturated rings. The van der Waals surface area contributed by atoms with E-state index in [4.69, 9.17) is 0 Å². The van der Waals surface area contributed by atoms with Crippen LogP contribution in [0.15, 0.2) is 30.6 Å². The number of allylic oxidation sites excluding steroid dienone is 1. The molecule has 0 saturated carbocycles. The molecule has 0 saturated heterocycles. The minimum atomic E-state index is -0.279. The number of aryl methyl sites for hydroxylation is 2. The third-order valence-electron chi connectivity index (χ3n) is 1.97. The zero-order chi connectivity index (χ0) is 9.14. The fraction of sp³-hybridized carbons (Fsp3) is 0.273. The molecule has 1 aromatic rings. The zero-order valence-corrected chi connectivity index (χ0v) is 7.52. The van der Waals surface area contributed by atoms with Crippen LogP contribution in [-0.2, 0) is 6.42 Å². The van der Waals surface area contributed by atoms with Gasteiger partial charge < -0.3 is 0 Å². The predicted molar refractivity (Wildman–Crippen MR) is 49.9 cm³/mol. The Labute approximate surface area is 72.7 Å². The van der Waals surface area contributed by atoms with E-state index < -0.39 is 0 Å². The monoisotopic (exact) mass is 164 g/mol. The van der Waals surface area contributed by atoms with Crippen LogP contribution in [0.5, 0.6) is 0 Å². The van der Waals surface area contributed by atoms with Gasteiger partial charge in [-0.1, -0.05) is 24.8 Å². The van der Waals surface area contributed by atoms with Crippen LogP contribution in [0.25, 0.3) is 0 Å². The van der Waals surface area contributed by atoms with Gasteiger partial charge >= 0.3 is 0 Å². The zero-order valence-electron chi connectivity index (χ0n) is 7.52. The summed E-state index contributed by atoms with van der Waals surface area (Å²) < 4.78 is 12.4. The molecule has 0 amide bonds. The summed E-state index contributed by atoms with van der Waals surface area (Å²) in [4.78, 5) is 0. The summed E-state index contributed by atoms with van der Waals surface area (Å²) in [7, 11) is 0. The topological polar surface area (TPSA) is 0 Å². The molecule has 1 aromatic carbocycles. The van der Waals surface area contributed by atoms with E-state index in [0.29, 0.717) is 6.42 Å². The first-order chi connectivity index (χ1) is 5.59. The Hall–Kier alpha value is -1.11. The van der Waals surface area contributed by atoms with E-state index in [-0.39, 0.29) is 5.83 Å². The van der Waals surface area contributed by atoms with Crippen LogP contribution in [0.2, 0.25) is 0 Å². The van der Waals surface area contributed by atoms with Gasteiger partial charge in [0.2, 0.25) is 0 Å². The van der Waals surface area contributed by atoms with Crippen molar-refractivity contribution >= 4 is 0 Å². The molecule has 0 nitrogen and oxygen atoms in total. The van der Waals surface area contributed by atoms with E-state index in [1.165, 1.54) is 11.1 Å². The molecular weight excluding hydrogens is 151 g/mol. The molecule has 64 valence electrons. The Bertz CT molecular complexity index is 300. The number of hydrogen-bond donors (Lipinski definition) is 0. The summed E-state index contributed by atoms with van der Waals surface area (Å²) in [5, 5.41) is 0. The number of benzene rings is 1. The Kier molecular flexibility index (Phi) is 2.64. The van der Waals surface area contributed by atoms with Crippen molar-refractivity contribution in [2.75, 3.05) is 0 Å². The van der Waals surface area contributed by atoms with Crippen molar-refractivity contribution in [2.45, 2.75) is 20.3 Å². The first-order valence-electron chi connectivity index (χ1n) is 3.99. The van der Waals surface area contributed by atoms with E-state index in [2.05, 4.69) is 6.58 Å². The average Bonchev–Trinajstić information content (AvgIpc) is 1.96. The summed E-state index contributed by atoms with van der Waals surface area (Å²) in [6.45, 7) is 7.31. The minimum Gasteiger partial charge on any atom is -0.212 e. The maximum absolute atomic E-state index is 12.4. The molecule has 12 heavy (non-hydrogen) atoms. The Morgan fingerprint density at radius 2 is 2.00 bits per heavy atom. The van der Waals surface area contributed by atoms with Crippen LogP contribution >= 0.6 is 0 Å². The predicted octanol–water partition coefficient (Wildman–Crippen LogP) is 3.33. The Morgan fingerprint density at radius 3 is 2.50 bits per heavy atom. The first kappa shape index (κ1) is 8.98. The van der Waals surface area contributed by atoms with Gasteiger partial charge in [-0.3, -0.25) is 0 Å². The highest BCUT2D eigenvalue weighted by Gasteiger charge is 1.97. The lowest BCUT2D eigenvalue weighted by Crippen LogP contribution is -1.87. The van der Waals surface area contributed by atoms with Crippen LogP contribution in [0.3, 0.4) is 0 Å². The summed E-state index contributed by atoms with van der Waals surface area (Å²) >= 11 is 0. The summed E-state index contributed by atoms with van der Waals surface area (Å²) in [6, 6.07) is 5.95. The van der Waals surface area contributed by atoms with Crippen molar-refractivity contribution in [3.63, 3.8) is 0 Å². The van der Waals surface area contributed by atoms with E-state index in [0.717, 1.165) is 5.56 Å². The average molecular weight is 164 g/mol. The van der Waals surface area contributed by atoms with Gasteiger partial charge in [0.15, 0.2) is 0 Å². The maximum Gasteiger partial charge on any atom is 0.0971 e. The van der Waals surface area contributed by atoms with Crippen molar-refractivity contribution in [3.05, 3.63) is 47.3 Å². The molecule has 0 aliphatic rings. The summed E-state index contributed by atoms with van der Waals surface area (Å²) in [5.41, 5.74) is 3.43. The fourth-order valence-corrected chi connectivity index (χ4v) is 1.13. The van der Waals surface area contributed by atoms with Gasteiger partial charge in [0.1, 0.15) is 0 Å². The standard InChI is InChI=1S/C11H13F/c1-8-4-5-11(6-9(8)2)7-10(3)12/h4-6H,3,7H2,1-2H3. The molecule has 0 heterocycles. The van der Waals surface area contributed by atoms with E-state index in [1.807, 2.05) is 32.0 Å². The van der Waals surface area contributed by atoms with E-state index >= 15 is 0 Å². The SMILES string of the molecule is C=C(F)Cc1ccc(C)c(C)c1. The van der Waals surface area contributed by atoms with Crippen LogP contribution in [0.1, 0.15) is 16.7 Å². The van der Waals surface area contributed by atoms with Crippen molar-refractivity contribution in [3.8, 4) is 0 Å². The van der Waals surface area contributed by atoms with E-state index in [9.17, 15) is 4.39 Å². The van der Waals surface area contributed by atoms with Crippen LogP contribution in [-0.4, -0.2) is 0 Å². The van der Waals surface area contributed by atoms with Gasteiger partial charge in [0.25, 0.3) is 0 Å². The molecule has 0 bridgehead atoms. The first-order valence-corrected chi connectivity index (χ1v) is 3.99. The maximum atomic E-state index is 12.4. The van der Waals surface area contributed by atoms with Crippen LogP contribution < -0.4 is 0 Å². The van der Waals surface area contributed by atoms with Crippen molar-refractivity contribution in [1.82, 2.24) is 0 Å². The van der Waals surface area contributed by atoms with Gasteiger partial charge in [-0.15, -0.1) is 0 Å². The fourth-order valence-electron chi connectivity index (χ4n) is 1.13. The molecule has 0 aromatic heterocycles. The second kappa shape index (κ2) is 3.53. The van der Waals surface area contributed by atoms with Gasteiger partial charge in [-0.2, -0.15) is 0 Å². The molecule has 0 atom stereocenters. The molecule has 1 heteroatoms. The number of halogens is 1. The molecular formula is C11H13F. The smallest absolute Gasteiger partial charge is 0.0971 e. The second-order valence-electron chi connectivity index (χ2n) is 3.11. The number of hydrogen-bond acceptors (Lipinski definition) is 0. The normalized spacial score (nSPS) is 9.92. The minimum absolute atomic E-state index is 0.279. The lowest BCUT2D eigenvalue weighted by Gasteiger charge is -2.02. The lowest BCUT2D eigenvalue weighted by atomic mass is 10.0. The second-order valence-corrected chi connectivity index (χ2v) is 3.11. The van der Waals surface area contributed by atoms with Gasteiger partial charge in [-0.25, -0.2) is 4.39 Å². The van der Waals surface area contributed by atoms with E-state index in [1.54, 1.807) is 0 Å². The third kappa shape index (κ3) is 2.19. The van der Waals surface area contributed by atoms with Crippen LogP contribution in [0.4, 0.5) is 4.39 Å². The lowest BCUT2D eigenvalue weighted by molar-refractivity contribution is 0.617. The van der Waals surface area contributed by atoms with Crippen molar-refractivity contribution in [2.24, 2.45) is 0 Å². The van der Waals surface area contributed by atoms with Gasteiger partial charge in [-0.05, 0) is 30.5 Å².